The maximum Gasteiger partial charge on any atom is 0.325 e. The van der Waals surface area contributed by atoms with Gasteiger partial charge in [-0.2, -0.15) is 0 Å². The van der Waals surface area contributed by atoms with Crippen molar-refractivity contribution in [2.75, 3.05) is 0 Å². The third-order valence-electron chi connectivity index (χ3n) is 1.86. The van der Waals surface area contributed by atoms with Crippen LogP contribution in [0.25, 0.3) is 0 Å². The maximum absolute atomic E-state index is 11.0. The molecule has 0 aliphatic heterocycles. The van der Waals surface area contributed by atoms with Gasteiger partial charge in [0.05, 0.1) is 0 Å². The summed E-state index contributed by atoms with van der Waals surface area (Å²) in [7, 11) is 0. The molecule has 62 valence electrons. The quantitative estimate of drug-likeness (QED) is 0.704. The molecule has 1 N–H and O–H groups in total. The summed E-state index contributed by atoms with van der Waals surface area (Å²) < 4.78 is 1.73. The molecule has 0 aliphatic rings. The van der Waals surface area contributed by atoms with Gasteiger partial charge in [-0.1, -0.05) is 13.3 Å². The first-order valence-corrected chi connectivity index (χ1v) is 4.01. The number of hydrogen-bond donors (Lipinski definition) is 1. The van der Waals surface area contributed by atoms with Crippen LogP contribution in [0, 0.1) is 0 Å². The minimum atomic E-state index is -0.00838. The fourth-order valence-corrected chi connectivity index (χ4v) is 1.24. The van der Waals surface area contributed by atoms with E-state index in [0.717, 1.165) is 12.8 Å². The molecular weight excluding hydrogens is 140 g/mol. The largest absolute Gasteiger partial charge is 0.325 e. The highest BCUT2D eigenvalue weighted by Crippen LogP contribution is 2.08. The lowest BCUT2D eigenvalue weighted by Crippen LogP contribution is -2.19. The van der Waals surface area contributed by atoms with Crippen LogP contribution < -0.4 is 5.69 Å². The summed E-state index contributed by atoms with van der Waals surface area (Å²) in [6.07, 6.45) is 5.63. The Morgan fingerprint density at radius 2 is 2.45 bits per heavy atom. The molecule has 1 rings (SSSR count). The lowest BCUT2D eigenvalue weighted by molar-refractivity contribution is 0.488. The summed E-state index contributed by atoms with van der Waals surface area (Å²) >= 11 is 0. The van der Waals surface area contributed by atoms with Gasteiger partial charge in [0.25, 0.3) is 0 Å². The second-order valence-corrected chi connectivity index (χ2v) is 2.81. The lowest BCUT2D eigenvalue weighted by Gasteiger charge is -2.09. The highest BCUT2D eigenvalue weighted by Gasteiger charge is 2.03. The van der Waals surface area contributed by atoms with Gasteiger partial charge >= 0.3 is 5.69 Å². The Hall–Kier alpha value is -0.990. The number of aromatic amines is 1. The molecule has 0 amide bonds. The van der Waals surface area contributed by atoms with E-state index in [1.807, 2.05) is 0 Å². The molecule has 0 bridgehead atoms. The molecule has 3 nitrogen and oxygen atoms in total. The summed E-state index contributed by atoms with van der Waals surface area (Å²) in [6.45, 7) is 4.17. The molecule has 0 spiro atoms. The fraction of sp³-hybridized carbons (Fsp3) is 0.625. The van der Waals surface area contributed by atoms with Crippen LogP contribution in [-0.2, 0) is 0 Å². The molecule has 0 saturated carbocycles. The summed E-state index contributed by atoms with van der Waals surface area (Å²) in [6, 6.07) is 0.318. The first kappa shape index (κ1) is 8.11. The lowest BCUT2D eigenvalue weighted by atomic mass is 10.2. The molecule has 1 heterocycles. The average molecular weight is 154 g/mol. The molecule has 1 aromatic rings. The summed E-state index contributed by atoms with van der Waals surface area (Å²) in [5, 5.41) is 0. The van der Waals surface area contributed by atoms with Gasteiger partial charge in [0.15, 0.2) is 0 Å². The van der Waals surface area contributed by atoms with E-state index in [9.17, 15) is 4.79 Å². The van der Waals surface area contributed by atoms with E-state index in [2.05, 4.69) is 18.8 Å². The molecule has 0 aliphatic carbocycles. The molecule has 3 heteroatoms. The smallest absolute Gasteiger partial charge is 0.313 e. The van der Waals surface area contributed by atoms with Gasteiger partial charge in [-0.15, -0.1) is 0 Å². The Morgan fingerprint density at radius 3 is 2.91 bits per heavy atom. The Kier molecular flexibility index (Phi) is 2.52. The number of nitrogens with zero attached hydrogens (tertiary/aromatic N) is 1. The Labute approximate surface area is 66.1 Å². The zero-order valence-corrected chi connectivity index (χ0v) is 7.00. The molecule has 0 aromatic carbocycles. The third kappa shape index (κ3) is 1.73. The molecule has 1 atom stereocenters. The second-order valence-electron chi connectivity index (χ2n) is 2.81. The van der Waals surface area contributed by atoms with Crippen LogP contribution in [0.2, 0.25) is 0 Å². The summed E-state index contributed by atoms with van der Waals surface area (Å²) in [4.78, 5) is 13.7. The Balaban J connectivity index is 2.75. The van der Waals surface area contributed by atoms with Crippen LogP contribution in [0.4, 0.5) is 0 Å². The molecule has 0 saturated heterocycles. The van der Waals surface area contributed by atoms with Crippen LogP contribution in [0.3, 0.4) is 0 Å². The monoisotopic (exact) mass is 154 g/mol. The number of hydrogen-bond acceptors (Lipinski definition) is 1. The summed E-state index contributed by atoms with van der Waals surface area (Å²) in [5.41, 5.74) is -0.00838. The van der Waals surface area contributed by atoms with Crippen molar-refractivity contribution in [2.24, 2.45) is 0 Å². The van der Waals surface area contributed by atoms with E-state index in [0.29, 0.717) is 6.04 Å². The van der Waals surface area contributed by atoms with E-state index >= 15 is 0 Å². The molecule has 0 radical (unpaired) electrons. The average Bonchev–Trinajstić information content (AvgIpc) is 2.36. The van der Waals surface area contributed by atoms with Crippen molar-refractivity contribution < 1.29 is 0 Å². The van der Waals surface area contributed by atoms with Crippen molar-refractivity contribution in [3.8, 4) is 0 Å². The minimum Gasteiger partial charge on any atom is -0.313 e. The van der Waals surface area contributed by atoms with Crippen molar-refractivity contribution in [2.45, 2.75) is 32.7 Å². The molecule has 1 aromatic heterocycles. The summed E-state index contributed by atoms with van der Waals surface area (Å²) in [5.74, 6) is 0. The normalized spacial score (nSPS) is 13.3. The molecule has 0 fully saturated rings. The van der Waals surface area contributed by atoms with Gasteiger partial charge in [-0.25, -0.2) is 4.79 Å². The van der Waals surface area contributed by atoms with Crippen molar-refractivity contribution >= 4 is 0 Å². The highest BCUT2D eigenvalue weighted by atomic mass is 16.1. The number of imidazole rings is 1. The maximum atomic E-state index is 11.0. The Morgan fingerprint density at radius 1 is 1.73 bits per heavy atom. The predicted octanol–water partition coefficient (Wildman–Crippen LogP) is 1.54. The first-order valence-electron chi connectivity index (χ1n) is 4.01. The van der Waals surface area contributed by atoms with Gasteiger partial charge in [0.1, 0.15) is 0 Å². The van der Waals surface area contributed by atoms with E-state index in [1.165, 1.54) is 0 Å². The minimum absolute atomic E-state index is 0.00838. The van der Waals surface area contributed by atoms with E-state index in [4.69, 9.17) is 0 Å². The highest BCUT2D eigenvalue weighted by molar-refractivity contribution is 4.79. The van der Waals surface area contributed by atoms with E-state index in [1.54, 1.807) is 17.0 Å². The van der Waals surface area contributed by atoms with Crippen LogP contribution in [-0.4, -0.2) is 9.55 Å². The zero-order valence-electron chi connectivity index (χ0n) is 7.00. The second kappa shape index (κ2) is 3.42. The number of aromatic nitrogens is 2. The van der Waals surface area contributed by atoms with E-state index in [-0.39, 0.29) is 5.69 Å². The van der Waals surface area contributed by atoms with Gasteiger partial charge < -0.3 is 4.98 Å². The van der Waals surface area contributed by atoms with Gasteiger partial charge in [-0.05, 0) is 13.3 Å². The van der Waals surface area contributed by atoms with Gasteiger partial charge in [0, 0.05) is 18.4 Å². The van der Waals surface area contributed by atoms with Crippen molar-refractivity contribution in [3.63, 3.8) is 0 Å². The molecule has 11 heavy (non-hydrogen) atoms. The standard InChI is InChI=1S/C8H14N2O/c1-3-4-7(2)10-6-5-9-8(10)11/h5-7H,3-4H2,1-2H3,(H,9,11). The van der Waals surface area contributed by atoms with E-state index < -0.39 is 0 Å². The first-order chi connectivity index (χ1) is 5.25. The fourth-order valence-electron chi connectivity index (χ4n) is 1.24. The van der Waals surface area contributed by atoms with Gasteiger partial charge in [0.2, 0.25) is 0 Å². The van der Waals surface area contributed by atoms with Crippen LogP contribution in [0.15, 0.2) is 17.2 Å². The zero-order chi connectivity index (χ0) is 8.27. The topological polar surface area (TPSA) is 37.8 Å². The predicted molar refractivity (Wildman–Crippen MR) is 44.7 cm³/mol. The van der Waals surface area contributed by atoms with Crippen LogP contribution in [0.1, 0.15) is 32.7 Å². The molecule has 1 unspecified atom stereocenters. The van der Waals surface area contributed by atoms with Crippen molar-refractivity contribution in [1.82, 2.24) is 9.55 Å². The Bertz CT molecular complexity index is 261. The van der Waals surface area contributed by atoms with Crippen LogP contribution in [0.5, 0.6) is 0 Å². The van der Waals surface area contributed by atoms with Crippen molar-refractivity contribution in [3.05, 3.63) is 22.9 Å². The SMILES string of the molecule is CCCC(C)n1cc[nH]c1=O. The number of rotatable bonds is 3. The number of nitrogens with one attached hydrogen (secondary N) is 1. The van der Waals surface area contributed by atoms with Crippen LogP contribution >= 0.6 is 0 Å². The number of H-pyrrole nitrogens is 1. The van der Waals surface area contributed by atoms with Gasteiger partial charge in [-0.3, -0.25) is 4.57 Å². The van der Waals surface area contributed by atoms with Crippen molar-refractivity contribution in [1.29, 1.82) is 0 Å². The molecular formula is C8H14N2O. The third-order valence-corrected chi connectivity index (χ3v) is 1.86.